The summed E-state index contributed by atoms with van der Waals surface area (Å²) < 4.78 is 0. The fourth-order valence-electron chi connectivity index (χ4n) is 3.04. The van der Waals surface area contributed by atoms with E-state index in [1.54, 1.807) is 7.11 Å². The number of fused-ring (bicyclic) bond motifs is 1. The van der Waals surface area contributed by atoms with Crippen LogP contribution in [-0.4, -0.2) is 23.0 Å². The van der Waals surface area contributed by atoms with Gasteiger partial charge in [-0.15, -0.1) is 0 Å². The highest BCUT2D eigenvalue weighted by Crippen LogP contribution is 2.28. The fraction of sp³-hybridized carbons (Fsp3) is 0.421. The Morgan fingerprint density at radius 2 is 1.87 bits per heavy atom. The molecule has 0 saturated heterocycles. The van der Waals surface area contributed by atoms with Gasteiger partial charge in [0.2, 0.25) is 0 Å². The highest BCUT2D eigenvalue weighted by molar-refractivity contribution is 6.02. The van der Waals surface area contributed by atoms with E-state index in [1.807, 2.05) is 0 Å². The topological polar surface area (TPSA) is 47.4 Å². The second-order valence-corrected chi connectivity index (χ2v) is 6.60. The molecular weight excluding hydrogens is 286 g/mol. The number of benzene rings is 1. The van der Waals surface area contributed by atoms with Gasteiger partial charge in [-0.25, -0.2) is 0 Å². The minimum absolute atomic E-state index is 0.516. The van der Waals surface area contributed by atoms with Crippen molar-refractivity contribution in [2.24, 2.45) is 11.1 Å². The van der Waals surface area contributed by atoms with Crippen LogP contribution in [-0.2, 0) is 11.3 Å². The predicted octanol–water partition coefficient (Wildman–Crippen LogP) is 4.20. The molecule has 120 valence electrons. The van der Waals surface area contributed by atoms with Gasteiger partial charge in [-0.2, -0.15) is 10.2 Å². The second kappa shape index (κ2) is 6.49. The fourth-order valence-corrected chi connectivity index (χ4v) is 3.04. The van der Waals surface area contributed by atoms with E-state index in [0.29, 0.717) is 11.8 Å². The Balaban J connectivity index is 1.99. The van der Waals surface area contributed by atoms with Crippen molar-refractivity contribution in [3.63, 3.8) is 0 Å². The zero-order chi connectivity index (χ0) is 16.4. The van der Waals surface area contributed by atoms with Crippen LogP contribution in [0.2, 0.25) is 0 Å². The maximum atomic E-state index is 5.01. The molecule has 0 N–H and O–H groups in total. The third-order valence-electron chi connectivity index (χ3n) is 4.34. The minimum Gasteiger partial charge on any atom is -0.399 e. The molecule has 0 aliphatic heterocycles. The van der Waals surface area contributed by atoms with Crippen molar-refractivity contribution in [2.75, 3.05) is 7.11 Å². The van der Waals surface area contributed by atoms with Crippen molar-refractivity contribution in [2.45, 2.75) is 39.5 Å². The summed E-state index contributed by atoms with van der Waals surface area (Å²) in [6.45, 7) is 6.60. The standard InChI is InChI=1S/C19H23N3O/c1-12(2)14-5-7-15(8-6-14)17-11-16-18(21-20-17)9-13(3)10-19(16)22-23-4/h5-8,11-13H,9-10H2,1-4H3. The average molecular weight is 309 g/mol. The molecule has 0 fully saturated rings. The van der Waals surface area contributed by atoms with Crippen molar-refractivity contribution >= 4 is 5.71 Å². The van der Waals surface area contributed by atoms with Gasteiger partial charge in [-0.05, 0) is 36.3 Å². The summed E-state index contributed by atoms with van der Waals surface area (Å²) in [5.74, 6) is 1.04. The van der Waals surface area contributed by atoms with Crippen LogP contribution >= 0.6 is 0 Å². The molecule has 1 aromatic carbocycles. The van der Waals surface area contributed by atoms with Crippen molar-refractivity contribution in [3.05, 3.63) is 47.2 Å². The molecule has 0 saturated carbocycles. The molecule has 1 heterocycles. The van der Waals surface area contributed by atoms with Gasteiger partial charge in [0.25, 0.3) is 0 Å². The molecular formula is C19H23N3O. The predicted molar refractivity (Wildman–Crippen MR) is 92.6 cm³/mol. The summed E-state index contributed by atoms with van der Waals surface area (Å²) in [6.07, 6.45) is 1.86. The summed E-state index contributed by atoms with van der Waals surface area (Å²) in [6, 6.07) is 10.6. The zero-order valence-electron chi connectivity index (χ0n) is 14.2. The maximum Gasteiger partial charge on any atom is 0.106 e. The number of nitrogens with zero attached hydrogens (tertiary/aromatic N) is 3. The van der Waals surface area contributed by atoms with Crippen molar-refractivity contribution in [1.29, 1.82) is 0 Å². The van der Waals surface area contributed by atoms with Gasteiger partial charge in [-0.3, -0.25) is 0 Å². The Kier molecular flexibility index (Phi) is 4.42. The molecule has 1 unspecified atom stereocenters. The first kappa shape index (κ1) is 15.7. The van der Waals surface area contributed by atoms with Crippen molar-refractivity contribution < 1.29 is 4.84 Å². The molecule has 4 nitrogen and oxygen atoms in total. The summed E-state index contributed by atoms with van der Waals surface area (Å²) in [5, 5.41) is 13.1. The number of hydrogen-bond donors (Lipinski definition) is 0. The lowest BCUT2D eigenvalue weighted by Gasteiger charge is -2.21. The second-order valence-electron chi connectivity index (χ2n) is 6.60. The average Bonchev–Trinajstić information content (AvgIpc) is 2.55. The zero-order valence-corrected chi connectivity index (χ0v) is 14.2. The lowest BCUT2D eigenvalue weighted by Crippen LogP contribution is -2.21. The molecule has 0 amide bonds. The lowest BCUT2D eigenvalue weighted by molar-refractivity contribution is 0.212. The molecule has 1 aliphatic rings. The van der Waals surface area contributed by atoms with Crippen LogP contribution in [0.1, 0.15) is 49.9 Å². The number of rotatable bonds is 3. The molecule has 0 spiro atoms. The first-order valence-electron chi connectivity index (χ1n) is 8.15. The first-order chi connectivity index (χ1) is 11.1. The van der Waals surface area contributed by atoms with Crippen LogP contribution in [0.4, 0.5) is 0 Å². The molecule has 2 aromatic rings. The largest absolute Gasteiger partial charge is 0.399 e. The van der Waals surface area contributed by atoms with Crippen LogP contribution in [0.3, 0.4) is 0 Å². The summed E-state index contributed by atoms with van der Waals surface area (Å²) >= 11 is 0. The molecule has 1 aliphatic carbocycles. The van der Waals surface area contributed by atoms with Gasteiger partial charge in [0.05, 0.1) is 17.1 Å². The van der Waals surface area contributed by atoms with Crippen LogP contribution < -0.4 is 0 Å². The smallest absolute Gasteiger partial charge is 0.106 e. The van der Waals surface area contributed by atoms with Gasteiger partial charge in [0.15, 0.2) is 0 Å². The Hall–Kier alpha value is -2.23. The molecule has 0 bridgehead atoms. The monoisotopic (exact) mass is 309 g/mol. The maximum absolute atomic E-state index is 5.01. The summed E-state index contributed by atoms with van der Waals surface area (Å²) in [7, 11) is 1.59. The van der Waals surface area contributed by atoms with Gasteiger partial charge in [0, 0.05) is 11.1 Å². The molecule has 4 heteroatoms. The van der Waals surface area contributed by atoms with Crippen LogP contribution in [0.5, 0.6) is 0 Å². The minimum atomic E-state index is 0.516. The summed E-state index contributed by atoms with van der Waals surface area (Å²) in [4.78, 5) is 5.01. The highest BCUT2D eigenvalue weighted by atomic mass is 16.6. The van der Waals surface area contributed by atoms with Crippen LogP contribution in [0, 0.1) is 5.92 Å². The van der Waals surface area contributed by atoms with E-state index in [4.69, 9.17) is 4.84 Å². The molecule has 23 heavy (non-hydrogen) atoms. The van der Waals surface area contributed by atoms with E-state index in [1.165, 1.54) is 5.56 Å². The van der Waals surface area contributed by atoms with Crippen LogP contribution in [0.25, 0.3) is 11.3 Å². The van der Waals surface area contributed by atoms with E-state index < -0.39 is 0 Å². The van der Waals surface area contributed by atoms with E-state index in [0.717, 1.165) is 41.1 Å². The molecule has 3 rings (SSSR count). The van der Waals surface area contributed by atoms with Gasteiger partial charge in [0.1, 0.15) is 7.11 Å². The molecule has 1 atom stereocenters. The Morgan fingerprint density at radius 3 is 2.52 bits per heavy atom. The number of oxime groups is 1. The van der Waals surface area contributed by atoms with E-state index in [2.05, 4.69) is 66.5 Å². The Morgan fingerprint density at radius 1 is 1.13 bits per heavy atom. The number of hydrogen-bond acceptors (Lipinski definition) is 4. The molecule has 0 radical (unpaired) electrons. The lowest BCUT2D eigenvalue weighted by atomic mass is 9.86. The first-order valence-corrected chi connectivity index (χ1v) is 8.15. The van der Waals surface area contributed by atoms with E-state index in [-0.39, 0.29) is 0 Å². The van der Waals surface area contributed by atoms with Gasteiger partial charge < -0.3 is 4.84 Å². The Bertz CT molecular complexity index is 720. The normalized spacial score (nSPS) is 19.0. The molecule has 1 aromatic heterocycles. The van der Waals surface area contributed by atoms with E-state index in [9.17, 15) is 0 Å². The SMILES string of the molecule is CON=C1CC(C)Cc2nnc(-c3ccc(C(C)C)cc3)cc21. The quantitative estimate of drug-likeness (QED) is 0.798. The summed E-state index contributed by atoms with van der Waals surface area (Å²) in [5.41, 5.74) is 6.36. The van der Waals surface area contributed by atoms with Crippen molar-refractivity contribution in [3.8, 4) is 11.3 Å². The van der Waals surface area contributed by atoms with E-state index >= 15 is 0 Å². The Labute approximate surface area is 137 Å². The third-order valence-corrected chi connectivity index (χ3v) is 4.34. The van der Waals surface area contributed by atoms with Crippen molar-refractivity contribution in [1.82, 2.24) is 10.2 Å². The third kappa shape index (κ3) is 3.26. The van der Waals surface area contributed by atoms with Crippen LogP contribution in [0.15, 0.2) is 35.5 Å². The van der Waals surface area contributed by atoms with Gasteiger partial charge >= 0.3 is 0 Å². The van der Waals surface area contributed by atoms with Gasteiger partial charge in [-0.1, -0.05) is 50.2 Å². The number of aromatic nitrogens is 2. The highest BCUT2D eigenvalue weighted by Gasteiger charge is 2.24.